The minimum atomic E-state index is -0.155. The first-order valence-electron chi connectivity index (χ1n) is 11.9. The number of aromatic nitrogens is 5. The van der Waals surface area contributed by atoms with Gasteiger partial charge in [-0.1, -0.05) is 17.7 Å². The van der Waals surface area contributed by atoms with E-state index < -0.39 is 0 Å². The molecule has 4 aromatic rings. The first-order valence-corrected chi connectivity index (χ1v) is 12.3. The van der Waals surface area contributed by atoms with Gasteiger partial charge < -0.3 is 15.6 Å². The highest BCUT2D eigenvalue weighted by Crippen LogP contribution is 2.40. The summed E-state index contributed by atoms with van der Waals surface area (Å²) in [4.78, 5) is 24.1. The number of piperidine rings is 1. The molecule has 2 fully saturated rings. The molecule has 2 unspecified atom stereocenters. The number of H-pyrrole nitrogens is 1. The summed E-state index contributed by atoms with van der Waals surface area (Å²) in [5, 5.41) is 6.69. The van der Waals surface area contributed by atoms with Crippen LogP contribution in [0.1, 0.15) is 46.5 Å². The van der Waals surface area contributed by atoms with E-state index in [-0.39, 0.29) is 17.1 Å². The maximum Gasteiger partial charge on any atom is 0.264 e. The van der Waals surface area contributed by atoms with Gasteiger partial charge in [-0.2, -0.15) is 10.1 Å². The van der Waals surface area contributed by atoms with Crippen molar-refractivity contribution in [3.05, 3.63) is 39.9 Å². The molecule has 9 heteroatoms. The van der Waals surface area contributed by atoms with Crippen molar-refractivity contribution in [1.82, 2.24) is 24.3 Å². The zero-order valence-corrected chi connectivity index (χ0v) is 20.7. The fourth-order valence-electron chi connectivity index (χ4n) is 5.75. The monoisotopic (exact) mass is 479 g/mol. The first-order chi connectivity index (χ1) is 16.1. The SMILES string of the molecule is Cn1c(N2C3CCC2CC(N)C3)nc2[nH]cc(-c3ccc4nn(C(C)(C)C)cc4c3Cl)c2c1=O. The summed E-state index contributed by atoms with van der Waals surface area (Å²) < 4.78 is 3.61. The molecule has 2 bridgehead atoms. The summed E-state index contributed by atoms with van der Waals surface area (Å²) in [7, 11) is 1.81. The van der Waals surface area contributed by atoms with Gasteiger partial charge in [0.1, 0.15) is 5.65 Å². The summed E-state index contributed by atoms with van der Waals surface area (Å²) in [6.07, 6.45) is 7.89. The van der Waals surface area contributed by atoms with Crippen LogP contribution in [0.4, 0.5) is 5.95 Å². The van der Waals surface area contributed by atoms with Crippen molar-refractivity contribution in [2.45, 2.75) is 70.1 Å². The van der Waals surface area contributed by atoms with E-state index in [2.05, 4.69) is 35.8 Å². The molecule has 5 heterocycles. The van der Waals surface area contributed by atoms with Crippen molar-refractivity contribution in [2.24, 2.45) is 12.8 Å². The number of nitrogens with two attached hydrogens (primary N) is 1. The van der Waals surface area contributed by atoms with Gasteiger partial charge in [-0.25, -0.2) is 0 Å². The van der Waals surface area contributed by atoms with Crippen LogP contribution in [0.25, 0.3) is 33.1 Å². The first kappa shape index (κ1) is 21.7. The molecule has 0 radical (unpaired) electrons. The highest BCUT2D eigenvalue weighted by atomic mass is 35.5. The maximum atomic E-state index is 13.6. The second-order valence-electron chi connectivity index (χ2n) is 10.8. The Morgan fingerprint density at radius 3 is 2.53 bits per heavy atom. The molecule has 8 nitrogen and oxygen atoms in total. The van der Waals surface area contributed by atoms with Gasteiger partial charge in [0.15, 0.2) is 0 Å². The van der Waals surface area contributed by atoms with Gasteiger partial charge in [-0.3, -0.25) is 14.0 Å². The molecule has 6 rings (SSSR count). The molecule has 1 aromatic carbocycles. The van der Waals surface area contributed by atoms with Crippen LogP contribution in [0, 0.1) is 0 Å². The molecular formula is C25H30ClN7O. The third-order valence-corrected chi connectivity index (χ3v) is 7.90. The van der Waals surface area contributed by atoms with Crippen LogP contribution >= 0.6 is 11.6 Å². The Morgan fingerprint density at radius 1 is 1.15 bits per heavy atom. The lowest BCUT2D eigenvalue weighted by Crippen LogP contribution is -2.49. The molecule has 2 saturated heterocycles. The molecule has 3 N–H and O–H groups in total. The Labute approximate surface area is 202 Å². The van der Waals surface area contributed by atoms with E-state index in [0.29, 0.717) is 28.1 Å². The molecule has 0 aliphatic carbocycles. The van der Waals surface area contributed by atoms with Crippen molar-refractivity contribution in [3.63, 3.8) is 0 Å². The smallest absolute Gasteiger partial charge is 0.264 e. The van der Waals surface area contributed by atoms with Gasteiger partial charge in [0.2, 0.25) is 5.95 Å². The summed E-state index contributed by atoms with van der Waals surface area (Å²) in [5.41, 5.74) is 9.00. The van der Waals surface area contributed by atoms with Crippen LogP contribution in [0.3, 0.4) is 0 Å². The Hall–Kier alpha value is -2.84. The average molecular weight is 480 g/mol. The fourth-order valence-corrected chi connectivity index (χ4v) is 6.06. The zero-order valence-electron chi connectivity index (χ0n) is 20.0. The minimum absolute atomic E-state index is 0.0768. The van der Waals surface area contributed by atoms with E-state index in [0.717, 1.165) is 53.7 Å². The summed E-state index contributed by atoms with van der Waals surface area (Å²) in [6, 6.07) is 4.81. The number of hydrogen-bond donors (Lipinski definition) is 2. The van der Waals surface area contributed by atoms with Crippen molar-refractivity contribution in [3.8, 4) is 11.1 Å². The highest BCUT2D eigenvalue weighted by Gasteiger charge is 2.41. The number of hydrogen-bond acceptors (Lipinski definition) is 5. The number of nitrogens with one attached hydrogen (secondary N) is 1. The molecule has 178 valence electrons. The summed E-state index contributed by atoms with van der Waals surface area (Å²) >= 11 is 6.89. The summed E-state index contributed by atoms with van der Waals surface area (Å²) in [5.74, 6) is 0.721. The number of halogens is 1. The van der Waals surface area contributed by atoms with E-state index in [1.807, 2.05) is 36.3 Å². The number of fused-ring (bicyclic) bond motifs is 4. The van der Waals surface area contributed by atoms with Crippen molar-refractivity contribution >= 4 is 39.5 Å². The van der Waals surface area contributed by atoms with Crippen LogP contribution in [0.2, 0.25) is 5.02 Å². The molecule has 3 aromatic heterocycles. The normalized spacial score (nSPS) is 22.9. The van der Waals surface area contributed by atoms with Crippen LogP contribution in [-0.4, -0.2) is 42.4 Å². The van der Waals surface area contributed by atoms with Crippen LogP contribution in [-0.2, 0) is 12.6 Å². The number of anilines is 1. The Morgan fingerprint density at radius 2 is 1.85 bits per heavy atom. The van der Waals surface area contributed by atoms with Crippen LogP contribution in [0.15, 0.2) is 29.3 Å². The zero-order chi connectivity index (χ0) is 23.9. The Bertz CT molecular complexity index is 1480. The molecule has 2 atom stereocenters. The predicted molar refractivity (Wildman–Crippen MR) is 137 cm³/mol. The van der Waals surface area contributed by atoms with Gasteiger partial charge in [0.25, 0.3) is 5.56 Å². The van der Waals surface area contributed by atoms with Crippen molar-refractivity contribution in [1.29, 1.82) is 0 Å². The van der Waals surface area contributed by atoms with Gasteiger partial charge >= 0.3 is 0 Å². The van der Waals surface area contributed by atoms with E-state index >= 15 is 0 Å². The van der Waals surface area contributed by atoms with Crippen LogP contribution in [0.5, 0.6) is 0 Å². The van der Waals surface area contributed by atoms with Gasteiger partial charge in [0.05, 0.1) is 21.5 Å². The van der Waals surface area contributed by atoms with Crippen molar-refractivity contribution in [2.75, 3.05) is 4.90 Å². The number of nitrogens with zero attached hydrogens (tertiary/aromatic N) is 5. The van der Waals surface area contributed by atoms with Gasteiger partial charge in [-0.05, 0) is 52.5 Å². The van der Waals surface area contributed by atoms with Crippen molar-refractivity contribution < 1.29 is 0 Å². The van der Waals surface area contributed by atoms with E-state index in [4.69, 9.17) is 22.3 Å². The molecule has 34 heavy (non-hydrogen) atoms. The third kappa shape index (κ3) is 3.11. The Balaban J connectivity index is 1.49. The topological polar surface area (TPSA) is 97.8 Å². The molecule has 0 saturated carbocycles. The number of benzene rings is 1. The van der Waals surface area contributed by atoms with E-state index in [1.54, 1.807) is 4.57 Å². The molecular weight excluding hydrogens is 450 g/mol. The number of rotatable bonds is 2. The largest absolute Gasteiger partial charge is 0.345 e. The van der Waals surface area contributed by atoms with E-state index in [9.17, 15) is 4.79 Å². The van der Waals surface area contributed by atoms with E-state index in [1.165, 1.54) is 0 Å². The summed E-state index contributed by atoms with van der Waals surface area (Å²) in [6.45, 7) is 6.30. The average Bonchev–Trinajstić information content (AvgIpc) is 3.46. The van der Waals surface area contributed by atoms with Crippen LogP contribution < -0.4 is 16.2 Å². The maximum absolute atomic E-state index is 13.6. The quantitative estimate of drug-likeness (QED) is 0.450. The molecule has 0 spiro atoms. The lowest BCUT2D eigenvalue weighted by atomic mass is 9.98. The predicted octanol–water partition coefficient (Wildman–Crippen LogP) is 4.15. The second kappa shape index (κ2) is 7.33. The lowest BCUT2D eigenvalue weighted by Gasteiger charge is -2.38. The standard InChI is InChI=1S/C25H30ClN7O/c1-25(2,3)32-12-18-19(30-32)8-7-16(21(18)26)17-11-28-22-20(17)23(34)31(4)24(29-22)33-14-5-6-15(33)10-13(27)9-14/h7-8,11-15,28H,5-6,9-10,27H2,1-4H3. The fraction of sp³-hybridized carbons (Fsp3) is 0.480. The third-order valence-electron chi connectivity index (χ3n) is 7.49. The Kier molecular flexibility index (Phi) is 4.67. The number of aromatic amines is 1. The van der Waals surface area contributed by atoms with Gasteiger partial charge in [-0.15, -0.1) is 0 Å². The molecule has 2 aliphatic rings. The molecule has 0 amide bonds. The molecule has 2 aliphatic heterocycles. The van der Waals surface area contributed by atoms with Gasteiger partial charge in [0, 0.05) is 54.1 Å². The lowest BCUT2D eigenvalue weighted by molar-refractivity contribution is 0.358. The second-order valence-corrected chi connectivity index (χ2v) is 11.2. The minimum Gasteiger partial charge on any atom is -0.345 e. The highest BCUT2D eigenvalue weighted by molar-refractivity contribution is 6.38.